The zero-order valence-corrected chi connectivity index (χ0v) is 9.47. The molecule has 82 valence electrons. The van der Waals surface area contributed by atoms with Gasteiger partial charge in [-0.1, -0.05) is 12.1 Å². The largest absolute Gasteiger partial charge is 0.395 e. The van der Waals surface area contributed by atoms with Crippen LogP contribution in [0.2, 0.25) is 0 Å². The quantitative estimate of drug-likeness (QED) is 0.713. The van der Waals surface area contributed by atoms with Crippen LogP contribution in [0.15, 0.2) is 16.9 Å². The fourth-order valence-electron chi connectivity index (χ4n) is 1.68. The Morgan fingerprint density at radius 3 is 3.12 bits per heavy atom. The molecule has 3 aromatic heterocycles. The number of H-pyrrole nitrogens is 1. The maximum absolute atomic E-state index is 5.97. The summed E-state index contributed by atoms with van der Waals surface area (Å²) in [5.74, 6) is 0. The van der Waals surface area contributed by atoms with Gasteiger partial charge in [0.15, 0.2) is 0 Å². The Labute approximate surface area is 95.2 Å². The molecule has 0 atom stereocenters. The number of nitrogen functional groups attached to an aromatic ring is 1. The topological polar surface area (TPSA) is 80.7 Å². The summed E-state index contributed by atoms with van der Waals surface area (Å²) in [6.45, 7) is 2.08. The summed E-state index contributed by atoms with van der Waals surface area (Å²) < 4.78 is 6.28. The summed E-state index contributed by atoms with van der Waals surface area (Å²) in [5.41, 5.74) is 9.10. The molecule has 5 nitrogen and oxygen atoms in total. The van der Waals surface area contributed by atoms with Crippen LogP contribution in [0.3, 0.4) is 0 Å². The molecule has 3 N–H and O–H groups in total. The maximum atomic E-state index is 5.97. The van der Waals surface area contributed by atoms with Crippen LogP contribution in [-0.4, -0.2) is 15.4 Å². The van der Waals surface area contributed by atoms with Gasteiger partial charge in [-0.15, -0.1) is 11.3 Å². The van der Waals surface area contributed by atoms with Crippen molar-refractivity contribution >= 4 is 27.3 Å². The van der Waals surface area contributed by atoms with Crippen LogP contribution in [0.25, 0.3) is 21.5 Å². The number of aryl methyl sites for hydroxylation is 1. The Balaban J connectivity index is 2.28. The molecule has 0 aliphatic rings. The first-order valence-corrected chi connectivity index (χ1v) is 5.78. The maximum Gasteiger partial charge on any atom is 0.201 e. The molecule has 0 saturated carbocycles. The molecule has 0 saturated heterocycles. The summed E-state index contributed by atoms with van der Waals surface area (Å²) in [6.07, 6.45) is 4.42. The van der Waals surface area contributed by atoms with E-state index in [1.165, 1.54) is 0 Å². The van der Waals surface area contributed by atoms with Crippen molar-refractivity contribution in [2.75, 3.05) is 5.73 Å². The average Bonchev–Trinajstić information content (AvgIpc) is 2.96. The number of aromatic nitrogens is 3. The minimum Gasteiger partial charge on any atom is -0.395 e. The van der Waals surface area contributed by atoms with E-state index in [2.05, 4.69) is 22.3 Å². The molecule has 3 aromatic rings. The van der Waals surface area contributed by atoms with Crippen molar-refractivity contribution in [3.05, 3.63) is 17.3 Å². The van der Waals surface area contributed by atoms with E-state index in [9.17, 15) is 0 Å². The van der Waals surface area contributed by atoms with Crippen LogP contribution < -0.4 is 5.73 Å². The lowest BCUT2D eigenvalue weighted by atomic mass is 10.2. The highest BCUT2D eigenvalue weighted by Gasteiger charge is 2.18. The molecule has 3 heterocycles. The van der Waals surface area contributed by atoms with Gasteiger partial charge in [0, 0.05) is 16.6 Å². The van der Waals surface area contributed by atoms with Crippen LogP contribution >= 0.6 is 11.3 Å². The van der Waals surface area contributed by atoms with Gasteiger partial charge in [0.25, 0.3) is 0 Å². The molecule has 16 heavy (non-hydrogen) atoms. The number of nitrogens with one attached hydrogen (secondary N) is 1. The molecular formula is C10H10N4OS. The van der Waals surface area contributed by atoms with Gasteiger partial charge in [-0.05, 0) is 6.42 Å². The number of nitrogens with two attached hydrogens (primary N) is 1. The first kappa shape index (κ1) is 9.41. The molecule has 3 rings (SSSR count). The van der Waals surface area contributed by atoms with Crippen LogP contribution in [0.1, 0.15) is 11.8 Å². The number of anilines is 1. The minimum absolute atomic E-state index is 0.693. The predicted molar refractivity (Wildman–Crippen MR) is 63.3 cm³/mol. The fourth-order valence-corrected chi connectivity index (χ4v) is 2.76. The molecule has 0 aliphatic heterocycles. The van der Waals surface area contributed by atoms with Crippen LogP contribution in [0.4, 0.5) is 5.69 Å². The lowest BCUT2D eigenvalue weighted by molar-refractivity contribution is 0.460. The van der Waals surface area contributed by atoms with E-state index in [1.807, 2.05) is 0 Å². The Kier molecular flexibility index (Phi) is 1.97. The van der Waals surface area contributed by atoms with Gasteiger partial charge in [0.2, 0.25) is 5.58 Å². The Bertz CT molecular complexity index is 623. The molecule has 0 unspecified atom stereocenters. The number of fused-ring (bicyclic) bond motifs is 1. The average molecular weight is 234 g/mol. The smallest absolute Gasteiger partial charge is 0.201 e. The van der Waals surface area contributed by atoms with Gasteiger partial charge in [0.05, 0.1) is 11.9 Å². The highest BCUT2D eigenvalue weighted by atomic mass is 32.1. The highest BCUT2D eigenvalue weighted by molar-refractivity contribution is 7.20. The molecule has 6 heteroatoms. The summed E-state index contributed by atoms with van der Waals surface area (Å²) in [5, 5.41) is 10.7. The van der Waals surface area contributed by atoms with Gasteiger partial charge < -0.3 is 10.3 Å². The zero-order valence-electron chi connectivity index (χ0n) is 8.65. The molecule has 0 amide bonds. The summed E-state index contributed by atoms with van der Waals surface area (Å²) >= 11 is 1.63. The monoisotopic (exact) mass is 234 g/mol. The summed E-state index contributed by atoms with van der Waals surface area (Å²) in [4.78, 5) is 1.14. The molecule has 0 bridgehead atoms. The number of thiophene rings is 1. The van der Waals surface area contributed by atoms with Crippen LogP contribution in [-0.2, 0) is 6.42 Å². The van der Waals surface area contributed by atoms with Crippen molar-refractivity contribution in [3.63, 3.8) is 0 Å². The standard InChI is InChI=1S/C10H10N4OS/c1-2-6-7(11)9-10(16-6)8(14-15-9)5-3-12-13-4-5/h3-4H,2,11H2,1H3,(H,12,13). The second-order valence-electron chi connectivity index (χ2n) is 3.47. The van der Waals surface area contributed by atoms with Crippen molar-refractivity contribution < 1.29 is 4.52 Å². The fraction of sp³-hybridized carbons (Fsp3) is 0.200. The van der Waals surface area contributed by atoms with Gasteiger partial charge in [-0.2, -0.15) is 5.10 Å². The third kappa shape index (κ3) is 1.16. The first-order valence-electron chi connectivity index (χ1n) is 4.97. The zero-order chi connectivity index (χ0) is 11.1. The molecule has 0 fully saturated rings. The minimum atomic E-state index is 0.693. The molecular weight excluding hydrogens is 224 g/mol. The Hall–Kier alpha value is -1.82. The molecule has 0 aromatic carbocycles. The number of rotatable bonds is 2. The van der Waals surface area contributed by atoms with Gasteiger partial charge >= 0.3 is 0 Å². The summed E-state index contributed by atoms with van der Waals surface area (Å²) in [6, 6.07) is 0. The van der Waals surface area contributed by atoms with Gasteiger partial charge in [-0.3, -0.25) is 5.10 Å². The van der Waals surface area contributed by atoms with Gasteiger partial charge in [-0.25, -0.2) is 0 Å². The van der Waals surface area contributed by atoms with E-state index < -0.39 is 0 Å². The molecule has 0 radical (unpaired) electrons. The van der Waals surface area contributed by atoms with E-state index >= 15 is 0 Å². The lowest BCUT2D eigenvalue weighted by Crippen LogP contribution is -1.85. The Morgan fingerprint density at radius 1 is 1.56 bits per heavy atom. The van der Waals surface area contributed by atoms with Crippen LogP contribution in [0, 0.1) is 0 Å². The third-order valence-corrected chi connectivity index (χ3v) is 3.85. The van der Waals surface area contributed by atoms with Crippen molar-refractivity contribution in [2.24, 2.45) is 0 Å². The van der Waals surface area contributed by atoms with Gasteiger partial charge in [0.1, 0.15) is 10.4 Å². The Morgan fingerprint density at radius 2 is 2.44 bits per heavy atom. The van der Waals surface area contributed by atoms with Crippen molar-refractivity contribution in [3.8, 4) is 11.3 Å². The number of nitrogens with zero attached hydrogens (tertiary/aromatic N) is 2. The van der Waals surface area contributed by atoms with E-state index in [0.29, 0.717) is 11.3 Å². The molecule has 0 aliphatic carbocycles. The second-order valence-corrected chi connectivity index (χ2v) is 4.57. The second kappa shape index (κ2) is 3.34. The van der Waals surface area contributed by atoms with Crippen molar-refractivity contribution in [2.45, 2.75) is 13.3 Å². The van der Waals surface area contributed by atoms with E-state index in [1.54, 1.807) is 23.7 Å². The predicted octanol–water partition coefficient (Wildman–Crippen LogP) is 2.42. The normalized spacial score (nSPS) is 11.3. The SMILES string of the molecule is CCc1sc2c(-c3cn[nH]c3)noc2c1N. The highest BCUT2D eigenvalue weighted by Crippen LogP contribution is 2.39. The number of aromatic amines is 1. The molecule has 0 spiro atoms. The van der Waals surface area contributed by atoms with Crippen molar-refractivity contribution in [1.82, 2.24) is 15.4 Å². The van der Waals surface area contributed by atoms with E-state index in [4.69, 9.17) is 10.3 Å². The van der Waals surface area contributed by atoms with E-state index in [0.717, 1.165) is 27.3 Å². The number of hydrogen-bond acceptors (Lipinski definition) is 5. The summed E-state index contributed by atoms with van der Waals surface area (Å²) in [7, 11) is 0. The lowest BCUT2D eigenvalue weighted by Gasteiger charge is -1.90. The first-order chi connectivity index (χ1) is 7.81. The van der Waals surface area contributed by atoms with Crippen molar-refractivity contribution in [1.29, 1.82) is 0 Å². The third-order valence-electron chi connectivity index (χ3n) is 2.51. The van der Waals surface area contributed by atoms with Crippen LogP contribution in [0.5, 0.6) is 0 Å². The number of hydrogen-bond donors (Lipinski definition) is 2. The van der Waals surface area contributed by atoms with E-state index in [-0.39, 0.29) is 0 Å².